The van der Waals surface area contributed by atoms with E-state index >= 15 is 0 Å². The first-order chi connectivity index (χ1) is 45.8. The molecule has 0 spiro atoms. The van der Waals surface area contributed by atoms with Gasteiger partial charge in [-0.05, 0) is 122 Å². The van der Waals surface area contributed by atoms with Gasteiger partial charge in [0.25, 0.3) is 0 Å². The summed E-state index contributed by atoms with van der Waals surface area (Å²) in [6.07, 6.45) is 53.5. The fourth-order valence-electron chi connectivity index (χ4n) is 10.2. The third kappa shape index (κ3) is 35.4. The summed E-state index contributed by atoms with van der Waals surface area (Å²) in [4.78, 5) is 13.4. The lowest BCUT2D eigenvalue weighted by molar-refractivity contribution is -0.379. The summed E-state index contributed by atoms with van der Waals surface area (Å²) in [5.41, 5.74) is 0. The van der Waals surface area contributed by atoms with Crippen molar-refractivity contribution in [2.75, 3.05) is 26.4 Å². The zero-order valence-corrected chi connectivity index (χ0v) is 55.8. The molecule has 94 heavy (non-hydrogen) atoms. The highest BCUT2D eigenvalue weighted by atomic mass is 16.8. The Morgan fingerprint density at radius 1 is 0.394 bits per heavy atom. The highest BCUT2D eigenvalue weighted by Gasteiger charge is 2.53. The first-order valence-corrected chi connectivity index (χ1v) is 34.4. The summed E-state index contributed by atoms with van der Waals surface area (Å²) >= 11 is 0. The Labute approximate surface area is 560 Å². The fourth-order valence-corrected chi connectivity index (χ4v) is 10.2. The highest BCUT2D eigenvalue weighted by Crippen LogP contribution is 2.33. The molecule has 1 amide bonds. The van der Waals surface area contributed by atoms with Crippen molar-refractivity contribution < 1.29 is 89.4 Å². The lowest BCUT2D eigenvalue weighted by Gasteiger charge is -2.48. The van der Waals surface area contributed by atoms with E-state index in [1.165, 1.54) is 6.42 Å². The minimum Gasteiger partial charge on any atom is -0.394 e. The zero-order chi connectivity index (χ0) is 68.2. The molecule has 19 heteroatoms. The number of unbranched alkanes of at least 4 members (excludes halogenated alkanes) is 7. The molecular formula is C75H117NO18. The summed E-state index contributed by atoms with van der Waals surface area (Å²) in [6, 6.07) is -1.03. The van der Waals surface area contributed by atoms with Gasteiger partial charge in [0, 0.05) is 6.42 Å². The zero-order valence-electron chi connectivity index (χ0n) is 55.8. The molecule has 12 N–H and O–H groups in total. The van der Waals surface area contributed by atoms with Crippen molar-refractivity contribution in [1.82, 2.24) is 5.32 Å². The van der Waals surface area contributed by atoms with E-state index in [-0.39, 0.29) is 12.3 Å². The number of hydrogen-bond donors (Lipinski definition) is 12. The quantitative estimate of drug-likeness (QED) is 0.0200. The van der Waals surface area contributed by atoms with E-state index in [0.717, 1.165) is 122 Å². The monoisotopic (exact) mass is 1320 g/mol. The maximum Gasteiger partial charge on any atom is 0.220 e. The molecule has 3 fully saturated rings. The number of ether oxygens (including phenoxy) is 6. The van der Waals surface area contributed by atoms with Crippen molar-refractivity contribution >= 4 is 5.91 Å². The first-order valence-electron chi connectivity index (χ1n) is 34.4. The molecule has 0 bridgehead atoms. The number of hydrogen-bond acceptors (Lipinski definition) is 18. The second-order valence-electron chi connectivity index (χ2n) is 23.5. The Kier molecular flexibility index (Phi) is 48.1. The van der Waals surface area contributed by atoms with Crippen molar-refractivity contribution in [3.05, 3.63) is 170 Å². The molecule has 3 aliphatic rings. The molecule has 0 aromatic heterocycles. The summed E-state index contributed by atoms with van der Waals surface area (Å²) in [5, 5.41) is 120. The van der Waals surface area contributed by atoms with Crippen LogP contribution in [0.3, 0.4) is 0 Å². The van der Waals surface area contributed by atoms with E-state index in [1.807, 2.05) is 0 Å². The van der Waals surface area contributed by atoms with Gasteiger partial charge in [-0.1, -0.05) is 203 Å². The number of rotatable bonds is 49. The van der Waals surface area contributed by atoms with Gasteiger partial charge in [0.2, 0.25) is 5.91 Å². The molecule has 17 unspecified atom stereocenters. The molecule has 3 saturated heterocycles. The standard InChI is InChI=1S/C75H117NO18/c1-3-5-7-9-11-13-15-17-18-19-20-21-22-23-24-25-26-27-28-29-30-31-32-33-34-35-36-37-38-39-40-41-43-45-47-49-51-53-63(81)76-58(59(80)52-50-48-46-44-42-16-14-12-10-8-6-4-2)57-89-73-69(87)66(84)71(61(55-78)91-73)94-75-70(88)67(85)72(62(56-79)92-75)93-74-68(86)65(83)64(82)60(54-77)90-74/h5,7,10-13,17-18,20-21,23-24,26-27,29-30,32-33,35-36,38-39,41-44,50,52,58-62,64-75,77-80,82-88H,3-4,6,8-9,14-16,19,22,25,28,31,34,37,40,45-49,51,53-57H2,1-2H3,(H,76,81)/b7-5-,12-10+,13-11-,18-17-,21-20-,24-23-,27-26-,30-29-,33-32-,36-35-,39-38-,43-41-,44-42+,52-50+. The average Bonchev–Trinajstić information content (AvgIpc) is 0.794. The van der Waals surface area contributed by atoms with Gasteiger partial charge in [0.1, 0.15) is 73.2 Å². The Morgan fingerprint density at radius 3 is 1.17 bits per heavy atom. The number of carbonyl (C=O) groups excluding carboxylic acids is 1. The Balaban J connectivity index is 1.39. The van der Waals surface area contributed by atoms with Crippen LogP contribution in [0.25, 0.3) is 0 Å². The van der Waals surface area contributed by atoms with Crippen LogP contribution in [0.2, 0.25) is 0 Å². The van der Waals surface area contributed by atoms with Crippen LogP contribution in [-0.4, -0.2) is 193 Å². The largest absolute Gasteiger partial charge is 0.394 e. The van der Waals surface area contributed by atoms with E-state index in [4.69, 9.17) is 28.4 Å². The minimum absolute atomic E-state index is 0.179. The van der Waals surface area contributed by atoms with Gasteiger partial charge >= 0.3 is 0 Å². The van der Waals surface area contributed by atoms with Crippen LogP contribution < -0.4 is 5.32 Å². The summed E-state index contributed by atoms with van der Waals surface area (Å²) < 4.78 is 34.2. The van der Waals surface area contributed by atoms with Gasteiger partial charge in [-0.2, -0.15) is 0 Å². The topological polar surface area (TPSA) is 307 Å². The summed E-state index contributed by atoms with van der Waals surface area (Å²) in [6.45, 7) is 1.46. The normalized spacial score (nSPS) is 28.5. The summed E-state index contributed by atoms with van der Waals surface area (Å²) in [5.74, 6) is -0.332. The smallest absolute Gasteiger partial charge is 0.220 e. The van der Waals surface area contributed by atoms with Crippen LogP contribution >= 0.6 is 0 Å². The molecule has 0 aliphatic carbocycles. The van der Waals surface area contributed by atoms with Crippen molar-refractivity contribution in [3.63, 3.8) is 0 Å². The Hall–Kier alpha value is -4.85. The Bertz CT molecular complexity index is 2370. The maximum atomic E-state index is 13.4. The van der Waals surface area contributed by atoms with Crippen molar-refractivity contribution in [2.24, 2.45) is 0 Å². The van der Waals surface area contributed by atoms with Gasteiger partial charge in [-0.3, -0.25) is 4.79 Å². The first kappa shape index (κ1) is 83.4. The molecule has 3 aliphatic heterocycles. The van der Waals surface area contributed by atoms with Crippen LogP contribution in [0.5, 0.6) is 0 Å². The number of aliphatic hydroxyl groups is 11. The fraction of sp³-hybridized carbons (Fsp3) is 0.613. The van der Waals surface area contributed by atoms with Crippen LogP contribution in [0.15, 0.2) is 170 Å². The van der Waals surface area contributed by atoms with E-state index in [2.05, 4.69) is 177 Å². The number of aliphatic hydroxyl groups excluding tert-OH is 11. The SMILES string of the molecule is CC/C=C\C/C=C\C/C=C\C/C=C\C/C=C\C/C=C\C/C=C\C/C=C\C/C=C\C/C=C\C/C=C\CCCCCC(=O)NC(COC1OC(CO)C(OC2OC(CO)C(OC3OC(CO)C(O)C(O)C3O)C(O)C2O)C(O)C1O)C(O)/C=C/CC/C=C/CC/C=C/CCCC. The van der Waals surface area contributed by atoms with Crippen molar-refractivity contribution in [2.45, 2.75) is 266 Å². The molecule has 0 aromatic rings. The van der Waals surface area contributed by atoms with Crippen LogP contribution in [0, 0.1) is 0 Å². The number of nitrogens with one attached hydrogen (secondary N) is 1. The molecule has 0 aromatic carbocycles. The Morgan fingerprint density at radius 2 is 0.745 bits per heavy atom. The van der Waals surface area contributed by atoms with Crippen LogP contribution in [0.1, 0.15) is 162 Å². The van der Waals surface area contributed by atoms with E-state index in [0.29, 0.717) is 12.8 Å². The highest BCUT2D eigenvalue weighted by molar-refractivity contribution is 5.76. The second kappa shape index (κ2) is 54.2. The number of carbonyl (C=O) groups is 1. The molecular weight excluding hydrogens is 1200 g/mol. The molecule has 3 heterocycles. The average molecular weight is 1320 g/mol. The van der Waals surface area contributed by atoms with Gasteiger partial charge in [-0.15, -0.1) is 0 Å². The van der Waals surface area contributed by atoms with Gasteiger partial charge in [-0.25, -0.2) is 0 Å². The minimum atomic E-state index is -1.99. The predicted octanol–water partition coefficient (Wildman–Crippen LogP) is 9.10. The lowest BCUT2D eigenvalue weighted by atomic mass is 9.96. The molecule has 3 rings (SSSR count). The maximum absolute atomic E-state index is 13.4. The molecule has 0 saturated carbocycles. The van der Waals surface area contributed by atoms with Crippen LogP contribution in [-0.2, 0) is 33.2 Å². The van der Waals surface area contributed by atoms with E-state index in [1.54, 1.807) is 12.2 Å². The van der Waals surface area contributed by atoms with E-state index < -0.39 is 131 Å². The third-order valence-electron chi connectivity index (χ3n) is 15.7. The van der Waals surface area contributed by atoms with Crippen molar-refractivity contribution in [1.29, 1.82) is 0 Å². The van der Waals surface area contributed by atoms with Crippen LogP contribution in [0.4, 0.5) is 0 Å². The van der Waals surface area contributed by atoms with Crippen molar-refractivity contribution in [3.8, 4) is 0 Å². The molecule has 0 radical (unpaired) electrons. The number of amides is 1. The van der Waals surface area contributed by atoms with Gasteiger partial charge < -0.3 is 89.9 Å². The molecule has 19 nitrogen and oxygen atoms in total. The molecule has 530 valence electrons. The summed E-state index contributed by atoms with van der Waals surface area (Å²) in [7, 11) is 0. The van der Waals surface area contributed by atoms with Gasteiger partial charge in [0.05, 0.1) is 38.6 Å². The second-order valence-corrected chi connectivity index (χ2v) is 23.5. The van der Waals surface area contributed by atoms with Gasteiger partial charge in [0.15, 0.2) is 18.9 Å². The third-order valence-corrected chi connectivity index (χ3v) is 15.7. The van der Waals surface area contributed by atoms with E-state index in [9.17, 15) is 61.0 Å². The number of allylic oxidation sites excluding steroid dienone is 27. The molecule has 17 atom stereocenters. The predicted molar refractivity (Wildman–Crippen MR) is 368 cm³/mol. The lowest BCUT2D eigenvalue weighted by Crippen LogP contribution is -2.66.